The van der Waals surface area contributed by atoms with Crippen molar-refractivity contribution in [2.24, 2.45) is 0 Å². The molecule has 142 valence electrons. The number of aromatic nitrogens is 2. The Kier molecular flexibility index (Phi) is 4.66. The van der Waals surface area contributed by atoms with E-state index >= 15 is 0 Å². The molecule has 0 unspecified atom stereocenters. The van der Waals surface area contributed by atoms with Crippen LogP contribution in [0.1, 0.15) is 26.6 Å². The molecule has 0 saturated carbocycles. The topological polar surface area (TPSA) is 97.2 Å². The van der Waals surface area contributed by atoms with Crippen molar-refractivity contribution in [3.8, 4) is 11.3 Å². The number of aryl methyl sites for hydroxylation is 1. The second kappa shape index (κ2) is 7.14. The van der Waals surface area contributed by atoms with Gasteiger partial charge in [0, 0.05) is 33.1 Å². The average Bonchev–Trinajstić information content (AvgIpc) is 3.40. The fourth-order valence-electron chi connectivity index (χ4n) is 2.80. The lowest BCUT2D eigenvalue weighted by Gasteiger charge is -1.99. The molecule has 3 heterocycles. The van der Waals surface area contributed by atoms with Gasteiger partial charge >= 0.3 is 5.97 Å². The summed E-state index contributed by atoms with van der Waals surface area (Å²) < 4.78 is 10.3. The molecular formula is C19H14ClN3O4S. The molecule has 0 atom stereocenters. The smallest absolute Gasteiger partial charge is 0.354 e. The molecule has 0 bridgehead atoms. The van der Waals surface area contributed by atoms with Gasteiger partial charge in [-0.2, -0.15) is 0 Å². The third kappa shape index (κ3) is 3.28. The number of H-pyrrole nitrogens is 1. The summed E-state index contributed by atoms with van der Waals surface area (Å²) in [5.41, 5.74) is 2.97. The first-order valence-electron chi connectivity index (χ1n) is 8.19. The van der Waals surface area contributed by atoms with E-state index in [9.17, 15) is 9.59 Å². The SMILES string of the molecule is COC(=O)c1cc(-c2csc(NC(=O)c3oc4ccc(Cl)cc4c3C)n2)c[nH]1. The number of esters is 1. The molecule has 0 saturated heterocycles. The van der Waals surface area contributed by atoms with Gasteiger partial charge in [-0.1, -0.05) is 11.6 Å². The minimum Gasteiger partial charge on any atom is -0.464 e. The second-order valence-corrected chi connectivity index (χ2v) is 7.28. The summed E-state index contributed by atoms with van der Waals surface area (Å²) in [5, 5.41) is 6.31. The van der Waals surface area contributed by atoms with Gasteiger partial charge in [-0.15, -0.1) is 11.3 Å². The van der Waals surface area contributed by atoms with Crippen LogP contribution in [0.15, 0.2) is 40.3 Å². The lowest BCUT2D eigenvalue weighted by atomic mass is 10.1. The van der Waals surface area contributed by atoms with Crippen LogP contribution in [0.5, 0.6) is 0 Å². The number of rotatable bonds is 4. The molecule has 28 heavy (non-hydrogen) atoms. The van der Waals surface area contributed by atoms with Crippen LogP contribution in [-0.2, 0) is 4.74 Å². The minimum atomic E-state index is -0.463. The van der Waals surface area contributed by atoms with Crippen LogP contribution in [0.4, 0.5) is 5.13 Å². The van der Waals surface area contributed by atoms with Gasteiger partial charge < -0.3 is 14.1 Å². The molecule has 9 heteroatoms. The number of thiazole rings is 1. The van der Waals surface area contributed by atoms with Crippen molar-refractivity contribution in [3.05, 3.63) is 57.9 Å². The normalized spacial score (nSPS) is 11.0. The number of nitrogens with one attached hydrogen (secondary N) is 2. The highest BCUT2D eigenvalue weighted by molar-refractivity contribution is 7.14. The Bertz CT molecular complexity index is 1210. The number of ether oxygens (including phenoxy) is 1. The van der Waals surface area contributed by atoms with E-state index in [-0.39, 0.29) is 5.76 Å². The number of anilines is 1. The van der Waals surface area contributed by atoms with E-state index in [0.29, 0.717) is 38.3 Å². The van der Waals surface area contributed by atoms with Gasteiger partial charge in [0.1, 0.15) is 11.3 Å². The number of carbonyl (C=O) groups is 2. The number of benzene rings is 1. The molecule has 0 aliphatic rings. The summed E-state index contributed by atoms with van der Waals surface area (Å²) in [6, 6.07) is 6.84. The van der Waals surface area contributed by atoms with E-state index in [4.69, 9.17) is 16.0 Å². The van der Waals surface area contributed by atoms with Gasteiger partial charge in [0.25, 0.3) is 5.91 Å². The number of carbonyl (C=O) groups excluding carboxylic acids is 2. The Labute approximate surface area is 168 Å². The molecule has 0 fully saturated rings. The van der Waals surface area contributed by atoms with Crippen molar-refractivity contribution in [2.45, 2.75) is 6.92 Å². The average molecular weight is 416 g/mol. The van der Waals surface area contributed by atoms with E-state index in [2.05, 4.69) is 20.0 Å². The van der Waals surface area contributed by atoms with E-state index in [1.54, 1.807) is 42.8 Å². The number of aromatic amines is 1. The molecular weight excluding hydrogens is 402 g/mol. The maximum absolute atomic E-state index is 12.6. The van der Waals surface area contributed by atoms with Gasteiger partial charge in [-0.25, -0.2) is 9.78 Å². The molecule has 1 amide bonds. The Hall–Kier alpha value is -3.10. The number of nitrogens with zero attached hydrogens (tertiary/aromatic N) is 1. The largest absolute Gasteiger partial charge is 0.464 e. The van der Waals surface area contributed by atoms with Crippen molar-refractivity contribution in [3.63, 3.8) is 0 Å². The summed E-state index contributed by atoms with van der Waals surface area (Å²) in [4.78, 5) is 31.4. The van der Waals surface area contributed by atoms with Crippen molar-refractivity contribution < 1.29 is 18.7 Å². The lowest BCUT2D eigenvalue weighted by Crippen LogP contribution is -2.11. The van der Waals surface area contributed by atoms with E-state index in [1.807, 2.05) is 0 Å². The molecule has 7 nitrogen and oxygen atoms in total. The fraction of sp³-hybridized carbons (Fsp3) is 0.105. The Balaban J connectivity index is 1.55. The predicted molar refractivity (Wildman–Crippen MR) is 107 cm³/mol. The van der Waals surface area contributed by atoms with Gasteiger partial charge in [-0.05, 0) is 31.2 Å². The van der Waals surface area contributed by atoms with Crippen molar-refractivity contribution >= 4 is 50.9 Å². The number of amides is 1. The van der Waals surface area contributed by atoms with Crippen molar-refractivity contribution in [1.29, 1.82) is 0 Å². The van der Waals surface area contributed by atoms with Crippen LogP contribution < -0.4 is 5.32 Å². The predicted octanol–water partition coefficient (Wildman–Crippen LogP) is 4.89. The first kappa shape index (κ1) is 18.3. The first-order valence-corrected chi connectivity index (χ1v) is 9.44. The first-order chi connectivity index (χ1) is 13.5. The zero-order valence-electron chi connectivity index (χ0n) is 14.8. The molecule has 0 aliphatic carbocycles. The standard InChI is InChI=1S/C19H14ClN3O4S/c1-9-12-6-11(20)3-4-15(12)27-16(9)17(24)23-19-22-14(8-28-19)10-5-13(21-7-10)18(25)26-2/h3-8,21H,1-2H3,(H,22,23,24). The van der Waals surface area contributed by atoms with Crippen LogP contribution in [0, 0.1) is 6.92 Å². The summed E-state index contributed by atoms with van der Waals surface area (Å²) in [6.45, 7) is 1.80. The molecule has 0 radical (unpaired) electrons. The van der Waals surface area contributed by atoms with Crippen LogP contribution in [-0.4, -0.2) is 29.0 Å². The van der Waals surface area contributed by atoms with Crippen molar-refractivity contribution in [1.82, 2.24) is 9.97 Å². The summed E-state index contributed by atoms with van der Waals surface area (Å²) >= 11 is 7.29. The van der Waals surface area contributed by atoms with Gasteiger partial charge in [0.05, 0.1) is 12.8 Å². The highest BCUT2D eigenvalue weighted by Gasteiger charge is 2.19. The summed E-state index contributed by atoms with van der Waals surface area (Å²) in [7, 11) is 1.31. The molecule has 3 aromatic heterocycles. The maximum Gasteiger partial charge on any atom is 0.354 e. The molecule has 4 rings (SSSR count). The second-order valence-electron chi connectivity index (χ2n) is 5.98. The van der Waals surface area contributed by atoms with Gasteiger partial charge in [0.15, 0.2) is 10.9 Å². The van der Waals surface area contributed by atoms with Crippen LogP contribution in [0.25, 0.3) is 22.2 Å². The van der Waals surface area contributed by atoms with E-state index in [0.717, 1.165) is 5.39 Å². The highest BCUT2D eigenvalue weighted by atomic mass is 35.5. The number of hydrogen-bond acceptors (Lipinski definition) is 6. The fourth-order valence-corrected chi connectivity index (χ4v) is 3.68. The van der Waals surface area contributed by atoms with E-state index in [1.165, 1.54) is 18.4 Å². The van der Waals surface area contributed by atoms with Gasteiger partial charge in [0.2, 0.25) is 0 Å². The highest BCUT2D eigenvalue weighted by Crippen LogP contribution is 2.30. The summed E-state index contributed by atoms with van der Waals surface area (Å²) in [5.74, 6) is -0.644. The zero-order chi connectivity index (χ0) is 19.8. The molecule has 1 aromatic carbocycles. The zero-order valence-corrected chi connectivity index (χ0v) is 16.4. The number of fused-ring (bicyclic) bond motifs is 1. The lowest BCUT2D eigenvalue weighted by molar-refractivity contribution is 0.0594. The number of hydrogen-bond donors (Lipinski definition) is 2. The number of halogens is 1. The minimum absolute atomic E-state index is 0.212. The maximum atomic E-state index is 12.6. The summed E-state index contributed by atoms with van der Waals surface area (Å²) in [6.07, 6.45) is 1.65. The van der Waals surface area contributed by atoms with Crippen LogP contribution in [0.3, 0.4) is 0 Å². The Morgan fingerprint density at radius 1 is 1.32 bits per heavy atom. The van der Waals surface area contributed by atoms with E-state index < -0.39 is 11.9 Å². The monoisotopic (exact) mass is 415 g/mol. The van der Waals surface area contributed by atoms with Crippen LogP contribution >= 0.6 is 22.9 Å². The molecule has 4 aromatic rings. The number of methoxy groups -OCH3 is 1. The Morgan fingerprint density at radius 2 is 2.14 bits per heavy atom. The molecule has 0 spiro atoms. The van der Waals surface area contributed by atoms with Gasteiger partial charge in [-0.3, -0.25) is 10.1 Å². The number of furan rings is 1. The van der Waals surface area contributed by atoms with Crippen LogP contribution in [0.2, 0.25) is 5.02 Å². The third-order valence-corrected chi connectivity index (χ3v) is 5.21. The Morgan fingerprint density at radius 3 is 2.93 bits per heavy atom. The van der Waals surface area contributed by atoms with Crippen molar-refractivity contribution in [2.75, 3.05) is 12.4 Å². The molecule has 2 N–H and O–H groups in total. The molecule has 0 aliphatic heterocycles. The third-order valence-electron chi connectivity index (χ3n) is 4.21. The quantitative estimate of drug-likeness (QED) is 0.463.